The van der Waals surface area contributed by atoms with Crippen LogP contribution in [-0.4, -0.2) is 30.3 Å². The molecule has 0 saturated carbocycles. The van der Waals surface area contributed by atoms with Crippen molar-refractivity contribution in [1.82, 2.24) is 0 Å². The van der Waals surface area contributed by atoms with Gasteiger partial charge in [-0.2, -0.15) is 0 Å². The Bertz CT molecular complexity index is 489. The highest BCUT2D eigenvalue weighted by Crippen LogP contribution is 2.40. The summed E-state index contributed by atoms with van der Waals surface area (Å²) in [5.74, 6) is 0.338. The molecule has 1 atom stereocenters. The van der Waals surface area contributed by atoms with Gasteiger partial charge in [0.15, 0.2) is 11.5 Å². The van der Waals surface area contributed by atoms with E-state index in [-0.39, 0.29) is 6.42 Å². The summed E-state index contributed by atoms with van der Waals surface area (Å²) in [5.41, 5.74) is 7.27. The van der Waals surface area contributed by atoms with E-state index in [0.717, 1.165) is 15.6 Å². The van der Waals surface area contributed by atoms with Crippen LogP contribution < -0.4 is 15.2 Å². The van der Waals surface area contributed by atoms with Gasteiger partial charge in [0, 0.05) is 10.0 Å². The van der Waals surface area contributed by atoms with Crippen LogP contribution in [0, 0.1) is 6.92 Å². The number of hydrogen-bond donors (Lipinski definition) is 2. The number of halogens is 1. The Balaban J connectivity index is 2.37. The summed E-state index contributed by atoms with van der Waals surface area (Å²) >= 11 is 3.45. The fraction of sp³-hybridized carbons (Fsp3) is 0.417. The Morgan fingerprint density at radius 2 is 2.22 bits per heavy atom. The average molecular weight is 316 g/mol. The molecule has 0 aliphatic carbocycles. The minimum atomic E-state index is -1.02. The average Bonchev–Trinajstić information content (AvgIpc) is 2.35. The van der Waals surface area contributed by atoms with E-state index in [9.17, 15) is 4.79 Å². The summed E-state index contributed by atoms with van der Waals surface area (Å²) < 4.78 is 11.9. The zero-order valence-corrected chi connectivity index (χ0v) is 11.5. The first-order valence-electron chi connectivity index (χ1n) is 5.56. The monoisotopic (exact) mass is 315 g/mol. The molecule has 0 aromatic heterocycles. The highest BCUT2D eigenvalue weighted by Gasteiger charge is 2.21. The fourth-order valence-electron chi connectivity index (χ4n) is 1.87. The van der Waals surface area contributed by atoms with Crippen LogP contribution in [0.3, 0.4) is 0 Å². The maximum absolute atomic E-state index is 10.8. The summed E-state index contributed by atoms with van der Waals surface area (Å²) in [6.07, 6.45) is 0.243. The lowest BCUT2D eigenvalue weighted by molar-refractivity contribution is -0.138. The molecular weight excluding hydrogens is 302 g/mol. The molecule has 1 aromatic carbocycles. The van der Waals surface area contributed by atoms with Gasteiger partial charge in [-0.1, -0.05) is 15.9 Å². The summed E-state index contributed by atoms with van der Waals surface area (Å²) in [5, 5.41) is 8.85. The van der Waals surface area contributed by atoms with Gasteiger partial charge in [-0.25, -0.2) is 0 Å². The van der Waals surface area contributed by atoms with E-state index in [4.69, 9.17) is 20.3 Å². The molecule has 2 rings (SSSR count). The molecule has 1 aliphatic heterocycles. The molecular formula is C12H14BrNO4. The molecule has 98 valence electrons. The van der Waals surface area contributed by atoms with Gasteiger partial charge in [0.05, 0.1) is 0 Å². The number of aliphatic carboxylic acids is 1. The maximum Gasteiger partial charge on any atom is 0.320 e. The summed E-state index contributed by atoms with van der Waals surface area (Å²) in [7, 11) is 0. The van der Waals surface area contributed by atoms with Gasteiger partial charge in [-0.3, -0.25) is 4.79 Å². The number of ether oxygens (including phenoxy) is 2. The third-order valence-corrected chi connectivity index (χ3v) is 3.93. The van der Waals surface area contributed by atoms with Crippen molar-refractivity contribution in [3.05, 3.63) is 21.7 Å². The number of carbonyl (C=O) groups is 1. The number of nitrogens with two attached hydrogens (primary N) is 1. The van der Waals surface area contributed by atoms with Crippen LogP contribution in [0.25, 0.3) is 0 Å². The van der Waals surface area contributed by atoms with E-state index >= 15 is 0 Å². The Hall–Kier alpha value is -1.27. The van der Waals surface area contributed by atoms with Gasteiger partial charge in [-0.15, -0.1) is 0 Å². The quantitative estimate of drug-likeness (QED) is 0.883. The number of fused-ring (bicyclic) bond motifs is 1. The van der Waals surface area contributed by atoms with Gasteiger partial charge in [-0.05, 0) is 25.0 Å². The van der Waals surface area contributed by atoms with Crippen molar-refractivity contribution in [3.8, 4) is 11.5 Å². The molecule has 1 aliphatic rings. The Morgan fingerprint density at radius 3 is 2.89 bits per heavy atom. The molecule has 0 amide bonds. The molecule has 0 spiro atoms. The number of hydrogen-bond acceptors (Lipinski definition) is 4. The largest absolute Gasteiger partial charge is 0.486 e. The van der Waals surface area contributed by atoms with Crippen LogP contribution in [-0.2, 0) is 11.2 Å². The van der Waals surface area contributed by atoms with E-state index in [1.807, 2.05) is 6.92 Å². The molecule has 18 heavy (non-hydrogen) atoms. The molecule has 0 saturated heterocycles. The van der Waals surface area contributed by atoms with Gasteiger partial charge < -0.3 is 20.3 Å². The minimum absolute atomic E-state index is 0.243. The van der Waals surface area contributed by atoms with Crippen molar-refractivity contribution in [2.45, 2.75) is 19.4 Å². The van der Waals surface area contributed by atoms with Crippen molar-refractivity contribution < 1.29 is 19.4 Å². The lowest BCUT2D eigenvalue weighted by Crippen LogP contribution is -2.32. The van der Waals surface area contributed by atoms with Crippen LogP contribution in [0.1, 0.15) is 11.1 Å². The van der Waals surface area contributed by atoms with E-state index in [1.54, 1.807) is 6.07 Å². The summed E-state index contributed by atoms with van der Waals surface area (Å²) in [4.78, 5) is 10.8. The molecule has 1 unspecified atom stereocenters. The van der Waals surface area contributed by atoms with Gasteiger partial charge in [0.1, 0.15) is 19.3 Å². The Kier molecular flexibility index (Phi) is 3.77. The lowest BCUT2D eigenvalue weighted by Gasteiger charge is -2.23. The number of benzene rings is 1. The van der Waals surface area contributed by atoms with E-state index in [0.29, 0.717) is 24.7 Å². The van der Waals surface area contributed by atoms with E-state index < -0.39 is 12.0 Å². The first kappa shape index (κ1) is 13.2. The predicted octanol–water partition coefficient (Wildman–Crippen LogP) is 1.48. The summed E-state index contributed by atoms with van der Waals surface area (Å²) in [6.45, 7) is 2.92. The third-order valence-electron chi connectivity index (χ3n) is 2.83. The molecule has 0 radical (unpaired) electrons. The van der Waals surface area contributed by atoms with Crippen molar-refractivity contribution in [3.63, 3.8) is 0 Å². The fourth-order valence-corrected chi connectivity index (χ4v) is 2.32. The second-order valence-corrected chi connectivity index (χ2v) is 4.94. The van der Waals surface area contributed by atoms with E-state index in [1.165, 1.54) is 0 Å². The Labute approximate surface area is 113 Å². The minimum Gasteiger partial charge on any atom is -0.486 e. The lowest BCUT2D eigenvalue weighted by atomic mass is 10.0. The standard InChI is InChI=1S/C12H14BrNO4/c1-6-10(13)7(4-8(14)12(15)16)5-9-11(6)18-3-2-17-9/h5,8H,2-4,14H2,1H3,(H,15,16). The van der Waals surface area contributed by atoms with Crippen molar-refractivity contribution in [2.75, 3.05) is 13.2 Å². The highest BCUT2D eigenvalue weighted by atomic mass is 79.9. The van der Waals surface area contributed by atoms with Gasteiger partial charge >= 0.3 is 5.97 Å². The maximum atomic E-state index is 10.8. The molecule has 0 fully saturated rings. The van der Waals surface area contributed by atoms with Crippen molar-refractivity contribution in [2.24, 2.45) is 5.73 Å². The topological polar surface area (TPSA) is 81.8 Å². The highest BCUT2D eigenvalue weighted by molar-refractivity contribution is 9.10. The second-order valence-electron chi connectivity index (χ2n) is 4.15. The molecule has 3 N–H and O–H groups in total. The molecule has 5 nitrogen and oxygen atoms in total. The zero-order chi connectivity index (χ0) is 13.3. The van der Waals surface area contributed by atoms with Crippen LogP contribution in [0.5, 0.6) is 11.5 Å². The van der Waals surface area contributed by atoms with Crippen molar-refractivity contribution in [1.29, 1.82) is 0 Å². The number of rotatable bonds is 3. The molecule has 6 heteroatoms. The first-order valence-corrected chi connectivity index (χ1v) is 6.36. The van der Waals surface area contributed by atoms with E-state index in [2.05, 4.69) is 15.9 Å². The SMILES string of the molecule is Cc1c(Br)c(CC(N)C(=O)O)cc2c1OCCO2. The first-order chi connectivity index (χ1) is 8.50. The summed E-state index contributed by atoms with van der Waals surface area (Å²) in [6, 6.07) is 0.859. The van der Waals surface area contributed by atoms with Crippen LogP contribution in [0.4, 0.5) is 0 Å². The van der Waals surface area contributed by atoms with Crippen molar-refractivity contribution >= 4 is 21.9 Å². The second kappa shape index (κ2) is 5.16. The smallest absolute Gasteiger partial charge is 0.320 e. The van der Waals surface area contributed by atoms with Gasteiger partial charge in [0.2, 0.25) is 0 Å². The normalized spacial score (nSPS) is 15.3. The van der Waals surface area contributed by atoms with Gasteiger partial charge in [0.25, 0.3) is 0 Å². The molecule has 1 aromatic rings. The third kappa shape index (κ3) is 2.44. The number of carboxylic acids is 1. The zero-order valence-electron chi connectivity index (χ0n) is 9.90. The van der Waals surface area contributed by atoms with Crippen LogP contribution in [0.15, 0.2) is 10.5 Å². The molecule has 0 bridgehead atoms. The Morgan fingerprint density at radius 1 is 1.56 bits per heavy atom. The molecule has 1 heterocycles. The predicted molar refractivity (Wildman–Crippen MR) is 69.2 cm³/mol. The van der Waals surface area contributed by atoms with Crippen LogP contribution >= 0.6 is 15.9 Å². The number of carboxylic acid groups (broad SMARTS) is 1. The van der Waals surface area contributed by atoms with Crippen LogP contribution in [0.2, 0.25) is 0 Å².